The van der Waals surface area contributed by atoms with Gasteiger partial charge in [0.1, 0.15) is 18.5 Å². The largest absolute Gasteiger partial charge is 0.491 e. The molecule has 1 heterocycles. The second-order valence-corrected chi connectivity index (χ2v) is 7.30. The molecule has 2 N–H and O–H groups in total. The molecule has 1 fully saturated rings. The molecule has 1 aliphatic heterocycles. The molecule has 3 rings (SSSR count). The topological polar surface area (TPSA) is 44.7 Å². The molecule has 0 spiro atoms. The minimum atomic E-state index is -0.498. The number of aliphatic hydroxyl groups excluding tert-OH is 1. The van der Waals surface area contributed by atoms with E-state index in [-0.39, 0.29) is 0 Å². The lowest BCUT2D eigenvalue weighted by Gasteiger charge is -2.33. The highest BCUT2D eigenvalue weighted by atomic mass is 35.5. The summed E-state index contributed by atoms with van der Waals surface area (Å²) in [6.45, 7) is 3.98. The Labute approximate surface area is 160 Å². The van der Waals surface area contributed by atoms with Crippen molar-refractivity contribution in [3.8, 4) is 5.75 Å². The number of hydrogen-bond acceptors (Lipinski definition) is 4. The molecular formula is C21H27ClN2O2. The Morgan fingerprint density at radius 3 is 2.46 bits per heavy atom. The van der Waals surface area contributed by atoms with Crippen LogP contribution < -0.4 is 10.1 Å². The highest BCUT2D eigenvalue weighted by molar-refractivity contribution is 6.30. The molecule has 2 aromatic rings. The maximum absolute atomic E-state index is 10.1. The average Bonchev–Trinajstić information content (AvgIpc) is 2.68. The zero-order chi connectivity index (χ0) is 18.2. The van der Waals surface area contributed by atoms with Crippen LogP contribution in [-0.2, 0) is 6.54 Å². The van der Waals surface area contributed by atoms with E-state index in [1.165, 1.54) is 5.56 Å². The average molecular weight is 375 g/mol. The van der Waals surface area contributed by atoms with E-state index in [1.807, 2.05) is 42.5 Å². The van der Waals surface area contributed by atoms with Crippen LogP contribution in [0.15, 0.2) is 54.6 Å². The van der Waals surface area contributed by atoms with Gasteiger partial charge in [-0.05, 0) is 55.8 Å². The minimum absolute atomic E-state index is 0.312. The van der Waals surface area contributed by atoms with Crippen LogP contribution in [0.2, 0.25) is 5.02 Å². The molecule has 140 valence electrons. The number of ether oxygens (including phenoxy) is 1. The predicted molar refractivity (Wildman–Crippen MR) is 106 cm³/mol. The lowest BCUT2D eigenvalue weighted by Crippen LogP contribution is -2.45. The van der Waals surface area contributed by atoms with Crippen molar-refractivity contribution >= 4 is 11.6 Å². The molecule has 2 aromatic carbocycles. The van der Waals surface area contributed by atoms with Gasteiger partial charge in [0.25, 0.3) is 0 Å². The van der Waals surface area contributed by atoms with Crippen molar-refractivity contribution in [1.29, 1.82) is 0 Å². The normalized spacial score (nSPS) is 17.2. The van der Waals surface area contributed by atoms with Crippen molar-refractivity contribution in [2.45, 2.75) is 31.5 Å². The number of nitrogens with zero attached hydrogens (tertiary/aromatic N) is 1. The first kappa shape index (κ1) is 19.2. The van der Waals surface area contributed by atoms with Crippen LogP contribution in [0.4, 0.5) is 0 Å². The second-order valence-electron chi connectivity index (χ2n) is 6.86. The molecular weight excluding hydrogens is 348 g/mol. The Balaban J connectivity index is 1.31. The summed E-state index contributed by atoms with van der Waals surface area (Å²) in [5, 5.41) is 14.4. The Morgan fingerprint density at radius 2 is 1.77 bits per heavy atom. The zero-order valence-corrected chi connectivity index (χ0v) is 15.7. The van der Waals surface area contributed by atoms with E-state index in [4.69, 9.17) is 16.3 Å². The summed E-state index contributed by atoms with van der Waals surface area (Å²) >= 11 is 5.94. The molecule has 1 saturated heterocycles. The van der Waals surface area contributed by atoms with Gasteiger partial charge in [-0.25, -0.2) is 0 Å². The van der Waals surface area contributed by atoms with E-state index >= 15 is 0 Å². The van der Waals surface area contributed by atoms with Crippen LogP contribution in [0.5, 0.6) is 5.75 Å². The zero-order valence-electron chi connectivity index (χ0n) is 15.0. The highest BCUT2D eigenvalue weighted by Gasteiger charge is 2.19. The first-order valence-electron chi connectivity index (χ1n) is 9.25. The minimum Gasteiger partial charge on any atom is -0.491 e. The summed E-state index contributed by atoms with van der Waals surface area (Å²) < 4.78 is 5.59. The first-order valence-corrected chi connectivity index (χ1v) is 9.63. The van der Waals surface area contributed by atoms with Gasteiger partial charge in [-0.15, -0.1) is 0 Å². The molecule has 1 aliphatic rings. The molecule has 0 saturated carbocycles. The van der Waals surface area contributed by atoms with Crippen molar-refractivity contribution in [2.75, 3.05) is 26.2 Å². The Hall–Kier alpha value is -1.59. The number of rotatable bonds is 8. The molecule has 0 radical (unpaired) electrons. The van der Waals surface area contributed by atoms with Gasteiger partial charge in [-0.1, -0.05) is 41.9 Å². The Kier molecular flexibility index (Phi) is 7.32. The summed E-state index contributed by atoms with van der Waals surface area (Å²) in [6.07, 6.45) is 1.70. The van der Waals surface area contributed by atoms with E-state index < -0.39 is 6.10 Å². The number of para-hydroxylation sites is 1. The van der Waals surface area contributed by atoms with E-state index in [9.17, 15) is 5.11 Å². The number of halogens is 1. The van der Waals surface area contributed by atoms with Crippen molar-refractivity contribution in [1.82, 2.24) is 10.2 Å². The second kappa shape index (κ2) is 9.93. The number of nitrogens with one attached hydrogen (secondary N) is 1. The van der Waals surface area contributed by atoms with E-state index in [0.717, 1.165) is 43.2 Å². The smallest absolute Gasteiger partial charge is 0.119 e. The maximum atomic E-state index is 10.1. The van der Waals surface area contributed by atoms with Crippen LogP contribution in [-0.4, -0.2) is 48.4 Å². The number of aliphatic hydroxyl groups is 1. The van der Waals surface area contributed by atoms with Crippen molar-refractivity contribution in [3.05, 3.63) is 65.2 Å². The van der Waals surface area contributed by atoms with E-state index in [2.05, 4.69) is 22.3 Å². The van der Waals surface area contributed by atoms with Crippen LogP contribution >= 0.6 is 11.6 Å². The van der Waals surface area contributed by atoms with Crippen molar-refractivity contribution in [2.24, 2.45) is 0 Å². The van der Waals surface area contributed by atoms with Crippen LogP contribution in [0.25, 0.3) is 0 Å². The van der Waals surface area contributed by atoms with Crippen LogP contribution in [0.1, 0.15) is 18.4 Å². The summed E-state index contributed by atoms with van der Waals surface area (Å²) in [5.41, 5.74) is 1.30. The number of likely N-dealkylation sites (tertiary alicyclic amines) is 1. The van der Waals surface area contributed by atoms with Crippen LogP contribution in [0.3, 0.4) is 0 Å². The third kappa shape index (κ3) is 6.29. The fourth-order valence-corrected chi connectivity index (χ4v) is 3.34. The first-order chi connectivity index (χ1) is 12.7. The summed E-state index contributed by atoms with van der Waals surface area (Å²) in [6, 6.07) is 18.1. The molecule has 0 bridgehead atoms. The van der Waals surface area contributed by atoms with Gasteiger partial charge < -0.3 is 15.2 Å². The lowest BCUT2D eigenvalue weighted by atomic mass is 10.0. The third-order valence-corrected chi connectivity index (χ3v) is 4.99. The van der Waals surface area contributed by atoms with Gasteiger partial charge in [0.05, 0.1) is 0 Å². The molecule has 0 aliphatic carbocycles. The Bertz CT molecular complexity index is 643. The molecule has 1 atom stereocenters. The third-order valence-electron chi connectivity index (χ3n) is 4.73. The van der Waals surface area contributed by atoms with Gasteiger partial charge in [0, 0.05) is 24.2 Å². The number of benzene rings is 2. The molecule has 0 amide bonds. The molecule has 26 heavy (non-hydrogen) atoms. The van der Waals surface area contributed by atoms with Gasteiger partial charge in [-0.3, -0.25) is 4.90 Å². The number of hydrogen-bond donors (Lipinski definition) is 2. The highest BCUT2D eigenvalue weighted by Crippen LogP contribution is 2.16. The lowest BCUT2D eigenvalue weighted by molar-refractivity contribution is 0.0979. The van der Waals surface area contributed by atoms with Gasteiger partial charge in [0.15, 0.2) is 0 Å². The van der Waals surface area contributed by atoms with Crippen molar-refractivity contribution < 1.29 is 9.84 Å². The predicted octanol–water partition coefficient (Wildman–Crippen LogP) is 3.33. The summed E-state index contributed by atoms with van der Waals surface area (Å²) in [5.74, 6) is 0.794. The monoisotopic (exact) mass is 374 g/mol. The molecule has 0 aromatic heterocycles. The van der Waals surface area contributed by atoms with E-state index in [0.29, 0.717) is 19.2 Å². The molecule has 0 unspecified atom stereocenters. The van der Waals surface area contributed by atoms with Crippen LogP contribution in [0, 0.1) is 0 Å². The summed E-state index contributed by atoms with van der Waals surface area (Å²) in [7, 11) is 0. The SMILES string of the molecule is O[C@@H](CNC1CCN(Cc2ccc(Cl)cc2)CC1)COc1ccccc1. The maximum Gasteiger partial charge on any atom is 0.119 e. The van der Waals surface area contributed by atoms with Gasteiger partial charge in [0.2, 0.25) is 0 Å². The fourth-order valence-electron chi connectivity index (χ4n) is 3.21. The molecule has 4 nitrogen and oxygen atoms in total. The quantitative estimate of drug-likeness (QED) is 0.744. The Morgan fingerprint density at radius 1 is 1.08 bits per heavy atom. The molecule has 5 heteroatoms. The van der Waals surface area contributed by atoms with Gasteiger partial charge in [-0.2, -0.15) is 0 Å². The fraction of sp³-hybridized carbons (Fsp3) is 0.429. The number of piperidine rings is 1. The van der Waals surface area contributed by atoms with Crippen molar-refractivity contribution in [3.63, 3.8) is 0 Å². The standard InChI is InChI=1S/C21H27ClN2O2/c22-18-8-6-17(7-9-18)15-24-12-10-19(11-13-24)23-14-20(25)16-26-21-4-2-1-3-5-21/h1-9,19-20,23,25H,10-16H2/t20-/m0/s1. The van der Waals surface area contributed by atoms with E-state index in [1.54, 1.807) is 0 Å². The van der Waals surface area contributed by atoms with Gasteiger partial charge >= 0.3 is 0 Å². The summed E-state index contributed by atoms with van der Waals surface area (Å²) in [4.78, 5) is 2.47.